The molecule has 1 saturated heterocycles. The van der Waals surface area contributed by atoms with E-state index in [1.165, 1.54) is 17.5 Å². The van der Waals surface area contributed by atoms with Crippen LogP contribution in [0.3, 0.4) is 0 Å². The summed E-state index contributed by atoms with van der Waals surface area (Å²) in [6, 6.07) is 0. The molecule has 0 N–H and O–H groups in total. The third kappa shape index (κ3) is 3.52. The zero-order chi connectivity index (χ0) is 7.40. The van der Waals surface area contributed by atoms with Crippen molar-refractivity contribution in [2.24, 2.45) is 0 Å². The highest BCUT2D eigenvalue weighted by Gasteiger charge is 2.22. The van der Waals surface area contributed by atoms with Crippen LogP contribution >= 0.6 is 23.5 Å². The number of carbonyl (C=O) groups is 1. The molecule has 0 aromatic heterocycles. The van der Waals surface area contributed by atoms with Crippen molar-refractivity contribution in [2.75, 3.05) is 11.5 Å². The second-order valence-electron chi connectivity index (χ2n) is 2.39. The van der Waals surface area contributed by atoms with Crippen LogP contribution in [0.4, 0.5) is 0 Å². The Labute approximate surface area is 70.3 Å². The molecule has 0 amide bonds. The SMILES string of the molecule is CCCC(=O)SCC1CS1. The van der Waals surface area contributed by atoms with E-state index in [-0.39, 0.29) is 0 Å². The first-order valence-electron chi connectivity index (χ1n) is 3.60. The van der Waals surface area contributed by atoms with Gasteiger partial charge in [0.15, 0.2) is 5.12 Å². The fourth-order valence-electron chi connectivity index (χ4n) is 0.626. The third-order valence-corrected chi connectivity index (χ3v) is 3.56. The van der Waals surface area contributed by atoms with Gasteiger partial charge in [0.05, 0.1) is 0 Å². The zero-order valence-corrected chi connectivity index (χ0v) is 7.76. The third-order valence-electron chi connectivity index (χ3n) is 1.29. The Bertz CT molecular complexity index is 121. The smallest absolute Gasteiger partial charge is 0.188 e. The number of hydrogen-bond acceptors (Lipinski definition) is 3. The Kier molecular flexibility index (Phi) is 3.63. The van der Waals surface area contributed by atoms with Gasteiger partial charge in [0.25, 0.3) is 0 Å². The lowest BCUT2D eigenvalue weighted by molar-refractivity contribution is -0.111. The summed E-state index contributed by atoms with van der Waals surface area (Å²) in [5.41, 5.74) is 0. The normalized spacial score (nSPS) is 22.7. The summed E-state index contributed by atoms with van der Waals surface area (Å²) in [6.07, 6.45) is 1.74. The summed E-state index contributed by atoms with van der Waals surface area (Å²) in [5.74, 6) is 2.32. The van der Waals surface area contributed by atoms with E-state index in [0.29, 0.717) is 5.12 Å². The Morgan fingerprint density at radius 3 is 3.00 bits per heavy atom. The molecule has 1 heterocycles. The predicted octanol–water partition coefficient (Wildman–Crippen LogP) is 2.16. The van der Waals surface area contributed by atoms with Crippen molar-refractivity contribution in [1.29, 1.82) is 0 Å². The number of rotatable bonds is 4. The van der Waals surface area contributed by atoms with Gasteiger partial charge in [-0.05, 0) is 6.42 Å². The van der Waals surface area contributed by atoms with Crippen LogP contribution in [0.25, 0.3) is 0 Å². The lowest BCUT2D eigenvalue weighted by Crippen LogP contribution is -1.95. The Morgan fingerprint density at radius 1 is 1.80 bits per heavy atom. The van der Waals surface area contributed by atoms with Gasteiger partial charge in [0, 0.05) is 23.2 Å². The van der Waals surface area contributed by atoms with Crippen molar-refractivity contribution in [3.63, 3.8) is 0 Å². The molecule has 0 aromatic rings. The molecule has 0 radical (unpaired) electrons. The summed E-state index contributed by atoms with van der Waals surface area (Å²) in [5, 5.41) is 1.17. The maximum Gasteiger partial charge on any atom is 0.188 e. The summed E-state index contributed by atoms with van der Waals surface area (Å²) in [7, 11) is 0. The van der Waals surface area contributed by atoms with Crippen LogP contribution in [0.5, 0.6) is 0 Å². The van der Waals surface area contributed by atoms with Gasteiger partial charge in [-0.1, -0.05) is 18.7 Å². The monoisotopic (exact) mass is 176 g/mol. The fourth-order valence-corrected chi connectivity index (χ4v) is 2.46. The maximum absolute atomic E-state index is 10.9. The zero-order valence-electron chi connectivity index (χ0n) is 6.13. The van der Waals surface area contributed by atoms with Crippen molar-refractivity contribution in [1.82, 2.24) is 0 Å². The molecule has 1 atom stereocenters. The van der Waals surface area contributed by atoms with Crippen LogP contribution < -0.4 is 0 Å². The van der Waals surface area contributed by atoms with Gasteiger partial charge in [-0.2, -0.15) is 11.8 Å². The molecule has 1 fully saturated rings. The van der Waals surface area contributed by atoms with Gasteiger partial charge in [-0.3, -0.25) is 4.79 Å². The number of carbonyl (C=O) groups excluding carboxylic acids is 1. The predicted molar refractivity (Wildman–Crippen MR) is 48.6 cm³/mol. The molecule has 0 aliphatic carbocycles. The first-order chi connectivity index (χ1) is 4.83. The fraction of sp³-hybridized carbons (Fsp3) is 0.857. The van der Waals surface area contributed by atoms with Crippen LogP contribution in [0.1, 0.15) is 19.8 Å². The molecule has 10 heavy (non-hydrogen) atoms. The van der Waals surface area contributed by atoms with Crippen LogP contribution in [-0.4, -0.2) is 21.9 Å². The van der Waals surface area contributed by atoms with Crippen LogP contribution in [0.15, 0.2) is 0 Å². The largest absolute Gasteiger partial charge is 0.287 e. The minimum atomic E-state index is 0.370. The Hall–Kier alpha value is 0.370. The number of thioether (sulfide) groups is 2. The molecule has 1 unspecified atom stereocenters. The lowest BCUT2D eigenvalue weighted by Gasteiger charge is -1.94. The highest BCUT2D eigenvalue weighted by molar-refractivity contribution is 8.15. The van der Waals surface area contributed by atoms with Crippen molar-refractivity contribution < 1.29 is 4.79 Å². The van der Waals surface area contributed by atoms with Gasteiger partial charge < -0.3 is 0 Å². The van der Waals surface area contributed by atoms with Gasteiger partial charge in [0.2, 0.25) is 0 Å². The quantitative estimate of drug-likeness (QED) is 0.611. The van der Waals surface area contributed by atoms with E-state index in [9.17, 15) is 4.79 Å². The summed E-state index contributed by atoms with van der Waals surface area (Å²) >= 11 is 3.47. The van der Waals surface area contributed by atoms with Gasteiger partial charge >= 0.3 is 0 Å². The summed E-state index contributed by atoms with van der Waals surface area (Å²) in [4.78, 5) is 10.9. The van der Waals surface area contributed by atoms with Crippen LogP contribution in [-0.2, 0) is 4.79 Å². The van der Waals surface area contributed by atoms with E-state index >= 15 is 0 Å². The second-order valence-corrected chi connectivity index (χ2v) is 4.80. The van der Waals surface area contributed by atoms with Crippen molar-refractivity contribution in [2.45, 2.75) is 25.0 Å². The van der Waals surface area contributed by atoms with Crippen molar-refractivity contribution in [3.05, 3.63) is 0 Å². The highest BCUT2D eigenvalue weighted by atomic mass is 32.2. The van der Waals surface area contributed by atoms with Gasteiger partial charge in [-0.25, -0.2) is 0 Å². The van der Waals surface area contributed by atoms with E-state index < -0.39 is 0 Å². The van der Waals surface area contributed by atoms with E-state index in [4.69, 9.17) is 0 Å². The highest BCUT2D eigenvalue weighted by Crippen LogP contribution is 2.33. The van der Waals surface area contributed by atoms with Crippen LogP contribution in [0.2, 0.25) is 0 Å². The Balaban J connectivity index is 1.94. The molecule has 3 heteroatoms. The molecule has 1 aliphatic heterocycles. The minimum Gasteiger partial charge on any atom is -0.287 e. The van der Waals surface area contributed by atoms with Crippen molar-refractivity contribution >= 4 is 28.6 Å². The Morgan fingerprint density at radius 2 is 2.50 bits per heavy atom. The van der Waals surface area contributed by atoms with E-state index in [0.717, 1.165) is 23.8 Å². The molecule has 58 valence electrons. The van der Waals surface area contributed by atoms with E-state index in [2.05, 4.69) is 0 Å². The molecule has 0 bridgehead atoms. The molecular weight excluding hydrogens is 164 g/mol. The molecule has 1 rings (SSSR count). The first-order valence-corrected chi connectivity index (χ1v) is 5.63. The average molecular weight is 176 g/mol. The average Bonchev–Trinajstić information content (AvgIpc) is 2.67. The number of hydrogen-bond donors (Lipinski definition) is 0. The standard InChI is InChI=1S/C7H12OS2/c1-2-3-7(8)10-5-6-4-9-6/h6H,2-5H2,1H3. The van der Waals surface area contributed by atoms with Gasteiger partial charge in [0.1, 0.15) is 0 Å². The second kappa shape index (κ2) is 4.29. The molecule has 1 aliphatic rings. The minimum absolute atomic E-state index is 0.370. The van der Waals surface area contributed by atoms with Crippen LogP contribution in [0, 0.1) is 0 Å². The van der Waals surface area contributed by atoms with E-state index in [1.807, 2.05) is 18.7 Å². The maximum atomic E-state index is 10.9. The summed E-state index contributed by atoms with van der Waals surface area (Å²) < 4.78 is 0. The lowest BCUT2D eigenvalue weighted by atomic mass is 10.4. The molecular formula is C7H12OS2. The van der Waals surface area contributed by atoms with E-state index in [1.54, 1.807) is 0 Å². The molecule has 0 spiro atoms. The topological polar surface area (TPSA) is 17.1 Å². The molecule has 0 aromatic carbocycles. The molecule has 1 nitrogen and oxygen atoms in total. The molecule has 0 saturated carbocycles. The van der Waals surface area contributed by atoms with Gasteiger partial charge in [-0.15, -0.1) is 0 Å². The van der Waals surface area contributed by atoms with Crippen molar-refractivity contribution in [3.8, 4) is 0 Å². The summed E-state index contributed by atoms with van der Waals surface area (Å²) in [6.45, 7) is 2.05. The first kappa shape index (κ1) is 8.47.